The van der Waals surface area contributed by atoms with Gasteiger partial charge in [0.15, 0.2) is 5.96 Å². The molecule has 1 aliphatic heterocycles. The normalized spacial score (nSPS) is 17.7. The van der Waals surface area contributed by atoms with E-state index in [1.807, 2.05) is 7.05 Å². The number of hydrogen-bond acceptors (Lipinski definition) is 3. The third-order valence-corrected chi connectivity index (χ3v) is 6.78. The lowest BCUT2D eigenvalue weighted by molar-refractivity contribution is -0.139. The number of nitrogens with zero attached hydrogens (tertiary/aromatic N) is 3. The molecule has 0 atom stereocenters. The molecule has 2 heterocycles. The lowest BCUT2D eigenvalue weighted by atomic mass is 9.84. The number of guanidine groups is 1. The van der Waals surface area contributed by atoms with E-state index in [1.54, 1.807) is 0 Å². The third kappa shape index (κ3) is 5.95. The number of fused-ring (bicyclic) bond motifs is 1. The number of hydrogen-bond donors (Lipinski definition) is 3. The Kier molecular flexibility index (Phi) is 9.22. The van der Waals surface area contributed by atoms with E-state index < -0.39 is 0 Å². The van der Waals surface area contributed by atoms with E-state index in [0.29, 0.717) is 11.8 Å². The molecule has 0 spiro atoms. The minimum Gasteiger partial charge on any atom is -0.361 e. The fourth-order valence-corrected chi connectivity index (χ4v) is 4.54. The van der Waals surface area contributed by atoms with Crippen molar-refractivity contribution >= 4 is 46.7 Å². The lowest BCUT2D eigenvalue weighted by Crippen LogP contribution is -2.52. The molecule has 4 rings (SSSR count). The molecule has 7 nitrogen and oxygen atoms in total. The second-order valence-electron chi connectivity index (χ2n) is 8.78. The fraction of sp³-hybridized carbons (Fsp3) is 0.583. The maximum Gasteiger partial charge on any atom is 0.225 e. The van der Waals surface area contributed by atoms with E-state index in [1.165, 1.54) is 28.5 Å². The van der Waals surface area contributed by atoms with Crippen molar-refractivity contribution in [2.45, 2.75) is 32.6 Å². The van der Waals surface area contributed by atoms with Gasteiger partial charge in [-0.25, -0.2) is 0 Å². The van der Waals surface area contributed by atoms with Crippen molar-refractivity contribution in [3.05, 3.63) is 35.5 Å². The lowest BCUT2D eigenvalue weighted by Gasteiger charge is -2.38. The van der Waals surface area contributed by atoms with Crippen LogP contribution in [0.2, 0.25) is 0 Å². The van der Waals surface area contributed by atoms with Gasteiger partial charge in [-0.2, -0.15) is 0 Å². The summed E-state index contributed by atoms with van der Waals surface area (Å²) in [6.45, 7) is 8.45. The SMILES string of the molecule is CN=C(NCCc1c[nH]c2c(C)cccc12)NCCN1CCN(C(=O)C2CCC2)CC1.I. The highest BCUT2D eigenvalue weighted by Gasteiger charge is 2.30. The highest BCUT2D eigenvalue weighted by Crippen LogP contribution is 2.28. The Hall–Kier alpha value is -1.81. The largest absolute Gasteiger partial charge is 0.361 e. The van der Waals surface area contributed by atoms with Gasteiger partial charge in [0.1, 0.15) is 0 Å². The van der Waals surface area contributed by atoms with E-state index >= 15 is 0 Å². The Labute approximate surface area is 208 Å². The summed E-state index contributed by atoms with van der Waals surface area (Å²) in [7, 11) is 1.81. The Morgan fingerprint density at radius 1 is 1.16 bits per heavy atom. The summed E-state index contributed by atoms with van der Waals surface area (Å²) >= 11 is 0. The first-order valence-electron chi connectivity index (χ1n) is 11.7. The number of aliphatic imine (C=N–C) groups is 1. The number of para-hydroxylation sites is 1. The molecule has 1 saturated heterocycles. The molecule has 2 aromatic rings. The van der Waals surface area contributed by atoms with Gasteiger partial charge >= 0.3 is 0 Å². The highest BCUT2D eigenvalue weighted by molar-refractivity contribution is 14.0. The first-order valence-corrected chi connectivity index (χ1v) is 11.7. The number of carbonyl (C=O) groups is 1. The molecule has 1 saturated carbocycles. The number of benzene rings is 1. The van der Waals surface area contributed by atoms with Crippen LogP contribution in [0.25, 0.3) is 10.9 Å². The molecule has 1 aliphatic carbocycles. The van der Waals surface area contributed by atoms with Crippen molar-refractivity contribution < 1.29 is 4.79 Å². The average molecular weight is 553 g/mol. The molecular weight excluding hydrogens is 515 g/mol. The van der Waals surface area contributed by atoms with Crippen LogP contribution in [-0.4, -0.2) is 79.5 Å². The Morgan fingerprint density at radius 3 is 2.59 bits per heavy atom. The Balaban J connectivity index is 0.00000289. The van der Waals surface area contributed by atoms with Gasteiger partial charge in [-0.1, -0.05) is 24.6 Å². The highest BCUT2D eigenvalue weighted by atomic mass is 127. The minimum atomic E-state index is 0. The third-order valence-electron chi connectivity index (χ3n) is 6.78. The quantitative estimate of drug-likeness (QED) is 0.281. The molecule has 0 bridgehead atoms. The van der Waals surface area contributed by atoms with Crippen LogP contribution in [0.5, 0.6) is 0 Å². The standard InChI is InChI=1S/C24H36N6O.HI/c1-18-5-3-8-21-20(17-28-22(18)21)9-10-26-24(25-2)27-11-12-29-13-15-30(16-14-29)23(31)19-6-4-7-19;/h3,5,8,17,19,28H,4,6-7,9-16H2,1-2H3,(H2,25,26,27);1H. The van der Waals surface area contributed by atoms with Crippen molar-refractivity contribution in [3.8, 4) is 0 Å². The monoisotopic (exact) mass is 552 g/mol. The Morgan fingerprint density at radius 2 is 1.91 bits per heavy atom. The topological polar surface area (TPSA) is 75.8 Å². The minimum absolute atomic E-state index is 0. The predicted molar refractivity (Wildman–Crippen MR) is 142 cm³/mol. The molecule has 2 aliphatic rings. The van der Waals surface area contributed by atoms with Crippen molar-refractivity contribution in [2.75, 3.05) is 52.9 Å². The summed E-state index contributed by atoms with van der Waals surface area (Å²) in [6, 6.07) is 6.44. The molecule has 176 valence electrons. The summed E-state index contributed by atoms with van der Waals surface area (Å²) in [5.41, 5.74) is 3.84. The number of H-pyrrole nitrogens is 1. The number of aromatic nitrogens is 1. The van der Waals surface area contributed by atoms with Gasteiger partial charge in [-0.3, -0.25) is 14.7 Å². The van der Waals surface area contributed by atoms with Crippen LogP contribution in [0.3, 0.4) is 0 Å². The first kappa shape index (κ1) is 24.8. The van der Waals surface area contributed by atoms with Crippen LogP contribution in [0, 0.1) is 12.8 Å². The van der Waals surface area contributed by atoms with Gasteiger partial charge in [0, 0.05) is 75.9 Å². The van der Waals surface area contributed by atoms with Crippen molar-refractivity contribution in [1.82, 2.24) is 25.4 Å². The number of halogens is 1. The number of aromatic amines is 1. The summed E-state index contributed by atoms with van der Waals surface area (Å²) in [4.78, 5) is 24.6. The van der Waals surface area contributed by atoms with Crippen molar-refractivity contribution in [3.63, 3.8) is 0 Å². The van der Waals surface area contributed by atoms with Gasteiger partial charge < -0.3 is 20.5 Å². The van der Waals surface area contributed by atoms with Gasteiger partial charge in [-0.15, -0.1) is 24.0 Å². The number of aryl methyl sites for hydroxylation is 1. The molecule has 1 aromatic heterocycles. The Bertz CT molecular complexity index is 914. The van der Waals surface area contributed by atoms with E-state index in [9.17, 15) is 4.79 Å². The van der Waals surface area contributed by atoms with Gasteiger partial charge in [0.25, 0.3) is 0 Å². The van der Waals surface area contributed by atoms with Crippen molar-refractivity contribution in [2.24, 2.45) is 10.9 Å². The molecule has 0 radical (unpaired) electrons. The summed E-state index contributed by atoms with van der Waals surface area (Å²) in [6.07, 6.45) is 6.47. The second-order valence-corrected chi connectivity index (χ2v) is 8.78. The van der Waals surface area contributed by atoms with E-state index in [0.717, 1.165) is 71.0 Å². The van der Waals surface area contributed by atoms with Crippen LogP contribution in [0.15, 0.2) is 29.4 Å². The van der Waals surface area contributed by atoms with Gasteiger partial charge in [0.05, 0.1) is 0 Å². The smallest absolute Gasteiger partial charge is 0.225 e. The van der Waals surface area contributed by atoms with Crippen LogP contribution in [-0.2, 0) is 11.2 Å². The molecule has 1 aromatic carbocycles. The van der Waals surface area contributed by atoms with Crippen molar-refractivity contribution in [1.29, 1.82) is 0 Å². The molecular formula is C24H37IN6O. The maximum absolute atomic E-state index is 12.4. The molecule has 32 heavy (non-hydrogen) atoms. The maximum atomic E-state index is 12.4. The molecule has 0 unspecified atom stereocenters. The zero-order valence-electron chi connectivity index (χ0n) is 19.3. The van der Waals surface area contributed by atoms with E-state index in [2.05, 4.69) is 61.7 Å². The molecule has 2 fully saturated rings. The van der Waals surface area contributed by atoms with Crippen LogP contribution in [0.4, 0.5) is 0 Å². The summed E-state index contributed by atoms with van der Waals surface area (Å²) in [5, 5.41) is 8.15. The zero-order valence-corrected chi connectivity index (χ0v) is 21.7. The number of carbonyl (C=O) groups excluding carboxylic acids is 1. The zero-order chi connectivity index (χ0) is 21.6. The molecule has 3 N–H and O–H groups in total. The van der Waals surface area contributed by atoms with Crippen LogP contribution < -0.4 is 10.6 Å². The summed E-state index contributed by atoms with van der Waals surface area (Å²) in [5.74, 6) is 1.55. The van der Waals surface area contributed by atoms with Crippen LogP contribution in [0.1, 0.15) is 30.4 Å². The summed E-state index contributed by atoms with van der Waals surface area (Å²) < 4.78 is 0. The predicted octanol–water partition coefficient (Wildman–Crippen LogP) is 2.75. The molecule has 8 heteroatoms. The van der Waals surface area contributed by atoms with E-state index in [-0.39, 0.29) is 24.0 Å². The second kappa shape index (κ2) is 11.9. The number of piperazine rings is 1. The first-order chi connectivity index (χ1) is 15.2. The molecule has 1 amide bonds. The fourth-order valence-electron chi connectivity index (χ4n) is 4.54. The number of nitrogens with one attached hydrogen (secondary N) is 3. The van der Waals surface area contributed by atoms with E-state index in [4.69, 9.17) is 0 Å². The van der Waals surface area contributed by atoms with Gasteiger partial charge in [0.2, 0.25) is 5.91 Å². The number of amides is 1. The average Bonchev–Trinajstić information content (AvgIpc) is 3.16. The van der Waals surface area contributed by atoms with Gasteiger partial charge in [-0.05, 0) is 37.3 Å². The number of rotatable bonds is 7. The van der Waals surface area contributed by atoms with Crippen LogP contribution >= 0.6 is 24.0 Å².